The molecule has 0 heterocycles. The van der Waals surface area contributed by atoms with Crippen LogP contribution in [0, 0.1) is 34.0 Å². The van der Waals surface area contributed by atoms with Crippen molar-refractivity contribution in [1.82, 2.24) is 5.32 Å². The monoisotopic (exact) mass is 383 g/mol. The molecule has 5 aliphatic carbocycles. The smallest absolute Gasteiger partial charge is 0.226 e. The summed E-state index contributed by atoms with van der Waals surface area (Å²) in [5.74, 6) is 2.59. The maximum atomic E-state index is 13.6. The van der Waals surface area contributed by atoms with Gasteiger partial charge in [-0.05, 0) is 92.8 Å². The third-order valence-electron chi connectivity index (χ3n) is 10.5. The van der Waals surface area contributed by atoms with E-state index in [1.54, 1.807) is 5.57 Å². The predicted octanol–water partition coefficient (Wildman–Crippen LogP) is 6.40. The molecule has 6 atom stereocenters. The molecule has 5 saturated carbocycles. The van der Waals surface area contributed by atoms with E-state index in [4.69, 9.17) is 0 Å². The molecule has 0 aliphatic heterocycles. The maximum absolute atomic E-state index is 13.6. The van der Waals surface area contributed by atoms with Crippen LogP contribution in [0.5, 0.6) is 0 Å². The van der Waals surface area contributed by atoms with Crippen molar-refractivity contribution in [3.05, 3.63) is 12.2 Å². The first-order valence-electron chi connectivity index (χ1n) is 12.4. The second kappa shape index (κ2) is 6.61. The molecule has 1 spiro atoms. The number of carbonyl (C=O) groups is 1. The van der Waals surface area contributed by atoms with Gasteiger partial charge in [0.2, 0.25) is 5.91 Å². The van der Waals surface area contributed by atoms with Gasteiger partial charge in [0.05, 0.1) is 0 Å². The third kappa shape index (κ3) is 2.68. The summed E-state index contributed by atoms with van der Waals surface area (Å²) in [5.41, 5.74) is 2.28. The van der Waals surface area contributed by atoms with Gasteiger partial charge in [-0.1, -0.05) is 51.7 Å². The van der Waals surface area contributed by atoms with Gasteiger partial charge in [-0.3, -0.25) is 4.79 Å². The normalized spacial score (nSPS) is 48.6. The lowest BCUT2D eigenvalue weighted by atomic mass is 9.41. The lowest BCUT2D eigenvalue weighted by molar-refractivity contribution is -0.168. The Morgan fingerprint density at radius 2 is 1.71 bits per heavy atom. The molecule has 2 bridgehead atoms. The molecule has 28 heavy (non-hydrogen) atoms. The molecule has 156 valence electrons. The average Bonchev–Trinajstić information content (AvgIpc) is 2.90. The Kier molecular flexibility index (Phi) is 4.53. The number of nitrogens with one attached hydrogen (secondary N) is 1. The Morgan fingerprint density at radius 1 is 0.929 bits per heavy atom. The van der Waals surface area contributed by atoms with Crippen LogP contribution in [-0.4, -0.2) is 11.9 Å². The fraction of sp³-hybridized carbons (Fsp3) is 0.885. The van der Waals surface area contributed by atoms with Crippen LogP contribution in [0.1, 0.15) is 104 Å². The number of rotatable bonds is 2. The third-order valence-corrected chi connectivity index (χ3v) is 10.5. The first-order chi connectivity index (χ1) is 13.4. The molecular formula is C26H41NO. The minimum atomic E-state index is -0.154. The summed E-state index contributed by atoms with van der Waals surface area (Å²) in [7, 11) is 0. The van der Waals surface area contributed by atoms with Crippen LogP contribution >= 0.6 is 0 Å². The van der Waals surface area contributed by atoms with Gasteiger partial charge in [0, 0.05) is 11.5 Å². The van der Waals surface area contributed by atoms with Crippen molar-refractivity contribution < 1.29 is 4.79 Å². The molecule has 5 aliphatic rings. The summed E-state index contributed by atoms with van der Waals surface area (Å²) in [6.07, 6.45) is 18.0. The van der Waals surface area contributed by atoms with E-state index < -0.39 is 0 Å². The topological polar surface area (TPSA) is 29.1 Å². The van der Waals surface area contributed by atoms with Gasteiger partial charge in [0.15, 0.2) is 0 Å². The van der Waals surface area contributed by atoms with E-state index >= 15 is 0 Å². The van der Waals surface area contributed by atoms with Crippen molar-refractivity contribution in [1.29, 1.82) is 0 Å². The number of carbonyl (C=O) groups excluding carboxylic acids is 1. The van der Waals surface area contributed by atoms with Crippen molar-refractivity contribution in [2.75, 3.05) is 0 Å². The van der Waals surface area contributed by atoms with Gasteiger partial charge in [0.1, 0.15) is 0 Å². The molecule has 0 aromatic carbocycles. The van der Waals surface area contributed by atoms with E-state index in [2.05, 4.69) is 25.7 Å². The van der Waals surface area contributed by atoms with E-state index in [-0.39, 0.29) is 5.41 Å². The SMILES string of the molecule is C=C1C[C@@]23CC[C@H]4[C@@](C)(CCC[C@@]4(C)C(=O)NC4CCCCC4)[C@@H]2CC[C@@H]1C3. The standard InChI is InChI=1S/C26H41NO/c1-18-16-26-15-12-21-24(2,22(26)11-10-19(18)17-26)13-7-14-25(21,3)23(28)27-20-8-5-4-6-9-20/h19-22H,1,4-17H2,2-3H3,(H,27,28)/t19-,21+,22+,24-,25-,26-/m1/s1. The molecule has 1 amide bonds. The molecule has 0 saturated heterocycles. The predicted molar refractivity (Wildman–Crippen MR) is 115 cm³/mol. The Labute approximate surface area is 172 Å². The lowest BCUT2D eigenvalue weighted by Gasteiger charge is -2.63. The Morgan fingerprint density at radius 3 is 2.50 bits per heavy atom. The molecule has 2 nitrogen and oxygen atoms in total. The molecule has 5 fully saturated rings. The van der Waals surface area contributed by atoms with Crippen LogP contribution in [0.3, 0.4) is 0 Å². The molecule has 0 aromatic heterocycles. The van der Waals surface area contributed by atoms with Gasteiger partial charge in [0.25, 0.3) is 0 Å². The van der Waals surface area contributed by atoms with Crippen LogP contribution in [0.25, 0.3) is 0 Å². The van der Waals surface area contributed by atoms with Gasteiger partial charge in [-0.15, -0.1) is 0 Å². The molecule has 2 heteroatoms. The largest absolute Gasteiger partial charge is 0.353 e. The first-order valence-corrected chi connectivity index (χ1v) is 12.4. The van der Waals surface area contributed by atoms with Crippen LogP contribution in [-0.2, 0) is 4.79 Å². The zero-order chi connectivity index (χ0) is 19.6. The highest BCUT2D eigenvalue weighted by Crippen LogP contribution is 2.72. The highest BCUT2D eigenvalue weighted by molar-refractivity contribution is 5.83. The van der Waals surface area contributed by atoms with Gasteiger partial charge >= 0.3 is 0 Å². The van der Waals surface area contributed by atoms with E-state index in [0.717, 1.165) is 18.3 Å². The molecule has 0 aromatic rings. The van der Waals surface area contributed by atoms with Crippen molar-refractivity contribution >= 4 is 5.91 Å². The fourth-order valence-electron chi connectivity index (χ4n) is 9.22. The number of amides is 1. The number of allylic oxidation sites excluding steroid dienone is 1. The highest BCUT2D eigenvalue weighted by atomic mass is 16.2. The molecule has 0 unspecified atom stereocenters. The van der Waals surface area contributed by atoms with Crippen molar-refractivity contribution in [2.24, 2.45) is 34.0 Å². The minimum absolute atomic E-state index is 0.154. The first kappa shape index (κ1) is 19.2. The lowest BCUT2D eigenvalue weighted by Crippen LogP contribution is -2.60. The fourth-order valence-corrected chi connectivity index (χ4v) is 9.22. The summed E-state index contributed by atoms with van der Waals surface area (Å²) >= 11 is 0. The van der Waals surface area contributed by atoms with Crippen molar-refractivity contribution in [3.8, 4) is 0 Å². The zero-order valence-electron chi connectivity index (χ0n) is 18.3. The van der Waals surface area contributed by atoms with Crippen LogP contribution < -0.4 is 5.32 Å². The molecule has 0 radical (unpaired) electrons. The highest BCUT2D eigenvalue weighted by Gasteiger charge is 2.64. The Hall–Kier alpha value is -0.790. The molecular weight excluding hydrogens is 342 g/mol. The van der Waals surface area contributed by atoms with E-state index in [1.165, 1.54) is 83.5 Å². The van der Waals surface area contributed by atoms with Crippen molar-refractivity contribution in [2.45, 2.75) is 110 Å². The van der Waals surface area contributed by atoms with Crippen LogP contribution in [0.2, 0.25) is 0 Å². The van der Waals surface area contributed by atoms with E-state index in [1.807, 2.05) is 0 Å². The maximum Gasteiger partial charge on any atom is 0.226 e. The summed E-state index contributed by atoms with van der Waals surface area (Å²) in [6.45, 7) is 9.40. The van der Waals surface area contributed by atoms with Gasteiger partial charge in [-0.25, -0.2) is 0 Å². The summed E-state index contributed by atoms with van der Waals surface area (Å²) < 4.78 is 0. The quantitative estimate of drug-likeness (QED) is 0.549. The second-order valence-corrected chi connectivity index (χ2v) is 11.9. The summed E-state index contributed by atoms with van der Waals surface area (Å²) in [5, 5.41) is 3.54. The summed E-state index contributed by atoms with van der Waals surface area (Å²) in [6, 6.07) is 0.440. The number of fused-ring (bicyclic) bond motifs is 3. The van der Waals surface area contributed by atoms with Crippen molar-refractivity contribution in [3.63, 3.8) is 0 Å². The van der Waals surface area contributed by atoms with E-state index in [9.17, 15) is 4.79 Å². The minimum Gasteiger partial charge on any atom is -0.353 e. The Bertz CT molecular complexity index is 663. The molecule has 1 N–H and O–H groups in total. The van der Waals surface area contributed by atoms with Gasteiger partial charge < -0.3 is 5.32 Å². The zero-order valence-corrected chi connectivity index (χ0v) is 18.3. The Balaban J connectivity index is 1.41. The van der Waals surface area contributed by atoms with Crippen LogP contribution in [0.15, 0.2) is 12.2 Å². The van der Waals surface area contributed by atoms with E-state index in [0.29, 0.717) is 28.7 Å². The van der Waals surface area contributed by atoms with Gasteiger partial charge in [-0.2, -0.15) is 0 Å². The second-order valence-electron chi connectivity index (χ2n) is 11.9. The number of hydrogen-bond acceptors (Lipinski definition) is 1. The average molecular weight is 384 g/mol. The van der Waals surface area contributed by atoms with Crippen LogP contribution in [0.4, 0.5) is 0 Å². The molecule has 5 rings (SSSR count). The summed E-state index contributed by atoms with van der Waals surface area (Å²) in [4.78, 5) is 13.6. The number of hydrogen-bond donors (Lipinski definition) is 1.